The molecule has 0 rings (SSSR count). The monoisotopic (exact) mass is 218 g/mol. The minimum absolute atomic E-state index is 0.0295. The average Bonchev–Trinajstić information content (AvgIpc) is 2.22. The molecule has 0 aromatic rings. The second-order valence-electron chi connectivity index (χ2n) is 3.49. The van der Waals surface area contributed by atoms with Crippen LogP contribution in [0.3, 0.4) is 0 Å². The van der Waals surface area contributed by atoms with E-state index in [-0.39, 0.29) is 5.92 Å². The summed E-state index contributed by atoms with van der Waals surface area (Å²) >= 11 is 0. The van der Waals surface area contributed by atoms with Gasteiger partial charge in [-0.15, -0.1) is 0 Å². The number of nitrogens with two attached hydrogens (primary N) is 1. The molecule has 5 N–H and O–H groups in total. The van der Waals surface area contributed by atoms with E-state index >= 15 is 0 Å². The first-order chi connectivity index (χ1) is 6.93. The van der Waals surface area contributed by atoms with Gasteiger partial charge in [0.25, 0.3) is 0 Å². The molecular formula is C9H18N2O4. The molecule has 0 aromatic carbocycles. The molecule has 0 aliphatic heterocycles. The molecule has 6 heteroatoms. The molecule has 6 nitrogen and oxygen atoms in total. The lowest BCUT2D eigenvalue weighted by Crippen LogP contribution is -2.51. The van der Waals surface area contributed by atoms with Crippen LogP contribution in [-0.4, -0.2) is 40.8 Å². The highest BCUT2D eigenvalue weighted by molar-refractivity contribution is 5.87. The highest BCUT2D eigenvalue weighted by atomic mass is 16.4. The molecule has 0 heterocycles. The quantitative estimate of drug-likeness (QED) is 0.453. The fraction of sp³-hybridized carbons (Fsp3) is 0.778. The number of aliphatic hydroxyl groups is 1. The van der Waals surface area contributed by atoms with Crippen molar-refractivity contribution in [1.29, 1.82) is 0 Å². The van der Waals surface area contributed by atoms with Crippen molar-refractivity contribution in [3.63, 3.8) is 0 Å². The van der Waals surface area contributed by atoms with Crippen molar-refractivity contribution in [3.8, 4) is 0 Å². The van der Waals surface area contributed by atoms with E-state index < -0.39 is 30.6 Å². The second-order valence-corrected chi connectivity index (χ2v) is 3.49. The number of aliphatic carboxylic acids is 1. The van der Waals surface area contributed by atoms with Gasteiger partial charge in [-0.1, -0.05) is 20.3 Å². The van der Waals surface area contributed by atoms with Crippen molar-refractivity contribution in [3.05, 3.63) is 0 Å². The average molecular weight is 218 g/mol. The van der Waals surface area contributed by atoms with Crippen molar-refractivity contribution in [2.45, 2.75) is 32.4 Å². The molecule has 88 valence electrons. The number of carboxylic acid groups (broad SMARTS) is 1. The van der Waals surface area contributed by atoms with Crippen LogP contribution < -0.4 is 11.1 Å². The van der Waals surface area contributed by atoms with Crippen molar-refractivity contribution >= 4 is 11.9 Å². The first-order valence-electron chi connectivity index (χ1n) is 4.83. The zero-order valence-electron chi connectivity index (χ0n) is 8.93. The predicted molar refractivity (Wildman–Crippen MR) is 54.1 cm³/mol. The Morgan fingerprint density at radius 2 is 2.00 bits per heavy atom. The number of carbonyl (C=O) groups is 2. The molecular weight excluding hydrogens is 200 g/mol. The molecule has 0 spiro atoms. The van der Waals surface area contributed by atoms with Gasteiger partial charge in [-0.25, -0.2) is 4.79 Å². The molecule has 15 heavy (non-hydrogen) atoms. The summed E-state index contributed by atoms with van der Waals surface area (Å²) in [6.45, 7) is 3.05. The SMILES string of the molecule is CC[C@H](C)[C@H](N)C(=O)NC(CO)C(=O)O. The third-order valence-corrected chi connectivity index (χ3v) is 2.36. The van der Waals surface area contributed by atoms with Crippen molar-refractivity contribution in [1.82, 2.24) is 5.32 Å². The lowest BCUT2D eigenvalue weighted by molar-refractivity contribution is -0.143. The van der Waals surface area contributed by atoms with Crippen LogP contribution in [0.15, 0.2) is 0 Å². The molecule has 0 aromatic heterocycles. The second kappa shape index (κ2) is 6.36. The molecule has 0 saturated heterocycles. The Morgan fingerprint density at radius 1 is 1.47 bits per heavy atom. The standard InChI is InChI=1S/C9H18N2O4/c1-3-5(2)7(10)8(13)11-6(4-12)9(14)15/h5-7,12H,3-4,10H2,1-2H3,(H,11,13)(H,14,15)/t5-,6?,7-/m0/s1. The molecule has 0 aliphatic carbocycles. The summed E-state index contributed by atoms with van der Waals surface area (Å²) in [6, 6.07) is -2.03. The van der Waals surface area contributed by atoms with E-state index in [1.807, 2.05) is 6.92 Å². The van der Waals surface area contributed by atoms with E-state index in [9.17, 15) is 9.59 Å². The van der Waals surface area contributed by atoms with Crippen LogP contribution in [0.5, 0.6) is 0 Å². The topological polar surface area (TPSA) is 113 Å². The van der Waals surface area contributed by atoms with E-state index in [1.54, 1.807) is 6.92 Å². The first-order valence-corrected chi connectivity index (χ1v) is 4.83. The molecule has 0 saturated carbocycles. The Morgan fingerprint density at radius 3 is 2.33 bits per heavy atom. The number of nitrogens with one attached hydrogen (secondary N) is 1. The van der Waals surface area contributed by atoms with Crippen LogP contribution in [0.25, 0.3) is 0 Å². The van der Waals surface area contributed by atoms with Gasteiger partial charge in [0.1, 0.15) is 6.04 Å². The van der Waals surface area contributed by atoms with Crippen molar-refractivity contribution in [2.75, 3.05) is 6.61 Å². The summed E-state index contributed by atoms with van der Waals surface area (Å²) in [4.78, 5) is 21.9. The summed E-state index contributed by atoms with van der Waals surface area (Å²) < 4.78 is 0. The summed E-state index contributed by atoms with van der Waals surface area (Å²) in [7, 11) is 0. The van der Waals surface area contributed by atoms with Gasteiger partial charge in [0.2, 0.25) is 5.91 Å². The number of rotatable bonds is 6. The van der Waals surface area contributed by atoms with Gasteiger partial charge < -0.3 is 21.3 Å². The summed E-state index contributed by atoms with van der Waals surface area (Å²) in [5.74, 6) is -1.86. The number of hydrogen-bond donors (Lipinski definition) is 4. The molecule has 1 unspecified atom stereocenters. The number of carboxylic acids is 1. The maximum absolute atomic E-state index is 11.4. The van der Waals surface area contributed by atoms with Crippen LogP contribution >= 0.6 is 0 Å². The maximum Gasteiger partial charge on any atom is 0.328 e. The number of carbonyl (C=O) groups excluding carboxylic acids is 1. The van der Waals surface area contributed by atoms with Crippen molar-refractivity contribution < 1.29 is 19.8 Å². The van der Waals surface area contributed by atoms with Gasteiger partial charge in [0.05, 0.1) is 12.6 Å². The Kier molecular flexibility index (Phi) is 5.88. The molecule has 0 aliphatic rings. The van der Waals surface area contributed by atoms with E-state index in [1.165, 1.54) is 0 Å². The van der Waals surface area contributed by atoms with Crippen LogP contribution in [0.4, 0.5) is 0 Å². The summed E-state index contributed by atoms with van der Waals surface area (Å²) in [6.07, 6.45) is 0.728. The number of amides is 1. The highest BCUT2D eigenvalue weighted by Crippen LogP contribution is 2.05. The molecule has 3 atom stereocenters. The van der Waals surface area contributed by atoms with Gasteiger partial charge in [0, 0.05) is 0 Å². The first kappa shape index (κ1) is 13.9. The number of aliphatic hydroxyl groups excluding tert-OH is 1. The van der Waals surface area contributed by atoms with E-state index in [0.29, 0.717) is 0 Å². The Hall–Kier alpha value is -1.14. The van der Waals surface area contributed by atoms with Crippen LogP contribution in [0.2, 0.25) is 0 Å². The van der Waals surface area contributed by atoms with Gasteiger partial charge in [-0.2, -0.15) is 0 Å². The van der Waals surface area contributed by atoms with Crippen LogP contribution in [-0.2, 0) is 9.59 Å². The highest BCUT2D eigenvalue weighted by Gasteiger charge is 2.24. The lowest BCUT2D eigenvalue weighted by atomic mass is 9.99. The molecule has 0 radical (unpaired) electrons. The fourth-order valence-electron chi connectivity index (χ4n) is 0.966. The molecule has 1 amide bonds. The van der Waals surface area contributed by atoms with E-state index in [4.69, 9.17) is 15.9 Å². The number of hydrogen-bond acceptors (Lipinski definition) is 4. The van der Waals surface area contributed by atoms with Gasteiger partial charge in [-0.05, 0) is 5.92 Å². The molecule has 0 bridgehead atoms. The minimum atomic E-state index is -1.28. The Labute approximate surface area is 88.5 Å². The van der Waals surface area contributed by atoms with E-state index in [2.05, 4.69) is 5.32 Å². The smallest absolute Gasteiger partial charge is 0.328 e. The lowest BCUT2D eigenvalue weighted by Gasteiger charge is -2.20. The minimum Gasteiger partial charge on any atom is -0.480 e. The zero-order chi connectivity index (χ0) is 12.0. The zero-order valence-corrected chi connectivity index (χ0v) is 8.93. The Balaban J connectivity index is 4.28. The van der Waals surface area contributed by atoms with Gasteiger partial charge in [-0.3, -0.25) is 4.79 Å². The van der Waals surface area contributed by atoms with Crippen LogP contribution in [0.1, 0.15) is 20.3 Å². The van der Waals surface area contributed by atoms with E-state index in [0.717, 1.165) is 6.42 Å². The summed E-state index contributed by atoms with van der Waals surface area (Å²) in [5.41, 5.74) is 5.59. The van der Waals surface area contributed by atoms with Gasteiger partial charge >= 0.3 is 5.97 Å². The maximum atomic E-state index is 11.4. The third kappa shape index (κ3) is 4.26. The largest absolute Gasteiger partial charge is 0.480 e. The van der Waals surface area contributed by atoms with Gasteiger partial charge in [0.15, 0.2) is 0 Å². The summed E-state index contributed by atoms with van der Waals surface area (Å²) in [5, 5.41) is 19.4. The third-order valence-electron chi connectivity index (χ3n) is 2.36. The fourth-order valence-corrected chi connectivity index (χ4v) is 0.966. The Bertz CT molecular complexity index is 232. The normalized spacial score (nSPS) is 16.5. The predicted octanol–water partition coefficient (Wildman–Crippen LogP) is -1.08. The van der Waals surface area contributed by atoms with Crippen LogP contribution in [0, 0.1) is 5.92 Å². The molecule has 0 fully saturated rings. The van der Waals surface area contributed by atoms with Crippen molar-refractivity contribution in [2.24, 2.45) is 11.7 Å².